The monoisotopic (exact) mass is 260 g/mol. The van der Waals surface area contributed by atoms with Crippen molar-refractivity contribution in [2.24, 2.45) is 5.92 Å². The van der Waals surface area contributed by atoms with Crippen LogP contribution in [0.1, 0.15) is 37.7 Å². The summed E-state index contributed by atoms with van der Waals surface area (Å²) in [6.07, 6.45) is 3.64. The average molecular weight is 260 g/mol. The molecular weight excluding hydrogens is 244 g/mol. The highest BCUT2D eigenvalue weighted by Gasteiger charge is 2.60. The Morgan fingerprint density at radius 2 is 1.95 bits per heavy atom. The molecule has 0 amide bonds. The molecule has 0 saturated heterocycles. The molecule has 19 heavy (non-hydrogen) atoms. The molecule has 2 bridgehead atoms. The predicted octanol–water partition coefficient (Wildman–Crippen LogP) is 1.87. The van der Waals surface area contributed by atoms with E-state index >= 15 is 0 Å². The van der Waals surface area contributed by atoms with Crippen molar-refractivity contribution >= 4 is 5.97 Å². The predicted molar refractivity (Wildman–Crippen MR) is 66.9 cm³/mol. The first-order chi connectivity index (χ1) is 9.02. The van der Waals surface area contributed by atoms with Gasteiger partial charge in [0.05, 0.1) is 11.5 Å². The van der Waals surface area contributed by atoms with E-state index in [9.17, 15) is 15.0 Å². The van der Waals surface area contributed by atoms with Crippen LogP contribution < -0.4 is 4.74 Å². The summed E-state index contributed by atoms with van der Waals surface area (Å²) in [4.78, 5) is 12.2. The van der Waals surface area contributed by atoms with Crippen molar-refractivity contribution in [3.63, 3.8) is 0 Å². The van der Waals surface area contributed by atoms with Gasteiger partial charge in [-0.25, -0.2) is 0 Å². The molecule has 1 aromatic carbocycles. The van der Waals surface area contributed by atoms with Gasteiger partial charge in [-0.15, -0.1) is 0 Å². The largest absolute Gasteiger partial charge is 0.508 e. The topological polar surface area (TPSA) is 66.8 Å². The molecule has 3 saturated carbocycles. The molecule has 2 N–H and O–H groups in total. The number of aliphatic hydroxyl groups is 1. The Bertz CT molecular complexity index is 570. The lowest BCUT2D eigenvalue weighted by Gasteiger charge is -2.56. The fourth-order valence-corrected chi connectivity index (χ4v) is 4.24. The van der Waals surface area contributed by atoms with E-state index in [0.29, 0.717) is 12.2 Å². The summed E-state index contributed by atoms with van der Waals surface area (Å²) in [5, 5.41) is 20.0. The second-order valence-corrected chi connectivity index (χ2v) is 6.24. The van der Waals surface area contributed by atoms with Crippen LogP contribution in [0.5, 0.6) is 11.5 Å². The molecule has 5 rings (SSSR count). The normalized spacial score (nSPS) is 39.4. The molecule has 3 aliphatic carbocycles. The molecule has 3 fully saturated rings. The first-order valence-electron chi connectivity index (χ1n) is 6.80. The summed E-state index contributed by atoms with van der Waals surface area (Å²) in [5.74, 6) is 0.117. The van der Waals surface area contributed by atoms with Crippen LogP contribution in [0.25, 0.3) is 0 Å². The van der Waals surface area contributed by atoms with Gasteiger partial charge in [-0.2, -0.15) is 0 Å². The van der Waals surface area contributed by atoms with Crippen LogP contribution in [-0.2, 0) is 10.2 Å². The van der Waals surface area contributed by atoms with Gasteiger partial charge in [-0.1, -0.05) is 6.07 Å². The maximum absolute atomic E-state index is 12.2. The summed E-state index contributed by atoms with van der Waals surface area (Å²) < 4.78 is 5.36. The van der Waals surface area contributed by atoms with Gasteiger partial charge in [-0.3, -0.25) is 4.79 Å². The lowest BCUT2D eigenvalue weighted by Crippen LogP contribution is -2.58. The Balaban J connectivity index is 1.90. The molecule has 1 atom stereocenters. The second-order valence-electron chi connectivity index (χ2n) is 6.24. The zero-order valence-electron chi connectivity index (χ0n) is 10.6. The van der Waals surface area contributed by atoms with E-state index in [1.807, 2.05) is 6.07 Å². The summed E-state index contributed by atoms with van der Waals surface area (Å²) in [5.41, 5.74) is 0.152. The molecule has 4 heteroatoms. The number of benzene rings is 1. The smallest absolute Gasteiger partial charge is 0.315 e. The Hall–Kier alpha value is -1.55. The third-order valence-electron chi connectivity index (χ3n) is 5.32. The van der Waals surface area contributed by atoms with Crippen molar-refractivity contribution in [2.75, 3.05) is 0 Å². The number of phenols is 1. The van der Waals surface area contributed by atoms with E-state index < -0.39 is 5.60 Å². The molecule has 0 radical (unpaired) electrons. The molecule has 4 aliphatic rings. The molecule has 4 nitrogen and oxygen atoms in total. The summed E-state index contributed by atoms with van der Waals surface area (Å²) in [6.45, 7) is 0. The van der Waals surface area contributed by atoms with Gasteiger partial charge in [-0.05, 0) is 38.2 Å². The minimum atomic E-state index is -0.681. The van der Waals surface area contributed by atoms with Crippen molar-refractivity contribution in [1.29, 1.82) is 0 Å². The lowest BCUT2D eigenvalue weighted by atomic mass is 9.50. The molecule has 1 heterocycles. The van der Waals surface area contributed by atoms with E-state index in [-0.39, 0.29) is 23.1 Å². The molecule has 1 spiro atoms. The van der Waals surface area contributed by atoms with Crippen molar-refractivity contribution in [2.45, 2.75) is 43.1 Å². The average Bonchev–Trinajstić information content (AvgIpc) is 2.38. The number of carbonyl (C=O) groups is 1. The Morgan fingerprint density at radius 1 is 1.21 bits per heavy atom. The van der Waals surface area contributed by atoms with E-state index in [1.165, 1.54) is 6.07 Å². The van der Waals surface area contributed by atoms with Crippen molar-refractivity contribution in [3.8, 4) is 11.5 Å². The van der Waals surface area contributed by atoms with E-state index in [1.54, 1.807) is 6.07 Å². The number of hydrogen-bond donors (Lipinski definition) is 2. The van der Waals surface area contributed by atoms with Gasteiger partial charge in [0.1, 0.15) is 11.5 Å². The number of carbonyl (C=O) groups excluding carboxylic acids is 1. The number of esters is 1. The van der Waals surface area contributed by atoms with E-state index in [4.69, 9.17) is 4.74 Å². The van der Waals surface area contributed by atoms with Gasteiger partial charge < -0.3 is 14.9 Å². The Kier molecular flexibility index (Phi) is 1.97. The van der Waals surface area contributed by atoms with Crippen molar-refractivity contribution in [3.05, 3.63) is 23.8 Å². The summed E-state index contributed by atoms with van der Waals surface area (Å²) >= 11 is 0. The molecule has 100 valence electrons. The van der Waals surface area contributed by atoms with E-state index in [0.717, 1.165) is 31.2 Å². The van der Waals surface area contributed by atoms with Gasteiger partial charge in [0.15, 0.2) is 0 Å². The number of fused-ring (bicyclic) bond motifs is 3. The first kappa shape index (κ1) is 11.3. The fraction of sp³-hybridized carbons (Fsp3) is 0.533. The fourth-order valence-electron chi connectivity index (χ4n) is 4.24. The minimum absolute atomic E-state index is 0.115. The van der Waals surface area contributed by atoms with Crippen LogP contribution in [0.4, 0.5) is 0 Å². The van der Waals surface area contributed by atoms with Crippen LogP contribution in [0.2, 0.25) is 0 Å². The third-order valence-corrected chi connectivity index (χ3v) is 5.32. The number of phenolic OH excluding ortho intramolecular Hbond substituents is 1. The summed E-state index contributed by atoms with van der Waals surface area (Å²) in [7, 11) is 0. The zero-order valence-corrected chi connectivity index (χ0v) is 10.6. The number of rotatable bonds is 0. The first-order valence-corrected chi connectivity index (χ1v) is 6.80. The maximum Gasteiger partial charge on any atom is 0.315 e. The van der Waals surface area contributed by atoms with Crippen LogP contribution >= 0.6 is 0 Å². The number of ether oxygens (including phenoxy) is 1. The molecule has 1 aromatic rings. The Labute approximate surface area is 111 Å². The lowest BCUT2D eigenvalue weighted by molar-refractivity contribution is -0.162. The van der Waals surface area contributed by atoms with Crippen LogP contribution in [0.15, 0.2) is 18.2 Å². The second kappa shape index (κ2) is 3.31. The van der Waals surface area contributed by atoms with Gasteiger partial charge in [0.2, 0.25) is 0 Å². The number of hydrogen-bond acceptors (Lipinski definition) is 4. The summed E-state index contributed by atoms with van der Waals surface area (Å²) in [6, 6.07) is 5.05. The molecular formula is C15H16O4. The van der Waals surface area contributed by atoms with Gasteiger partial charge in [0, 0.05) is 17.0 Å². The van der Waals surface area contributed by atoms with Crippen molar-refractivity contribution < 1.29 is 19.7 Å². The molecule has 1 aliphatic heterocycles. The zero-order chi connectivity index (χ0) is 13.3. The van der Waals surface area contributed by atoms with Crippen molar-refractivity contribution in [1.82, 2.24) is 0 Å². The van der Waals surface area contributed by atoms with Gasteiger partial charge in [0.25, 0.3) is 0 Å². The Morgan fingerprint density at radius 3 is 2.68 bits per heavy atom. The highest BCUT2D eigenvalue weighted by Crippen LogP contribution is 2.60. The molecule has 0 unspecified atom stereocenters. The standard InChI is InChI=1S/C15H16O4/c16-9-1-2-10-12(7-9)19-13(17)11-8-14(18)3-5-15(10,11)6-4-14/h1-2,7,11,16,18H,3-6,8H2/t11-,14?,15?/m0/s1. The number of aromatic hydroxyl groups is 1. The van der Waals surface area contributed by atoms with Crippen LogP contribution in [-0.4, -0.2) is 21.8 Å². The SMILES string of the molecule is O=C1Oc2cc(O)ccc2C23CCC(O)(CC2)C[C@@H]13. The quantitative estimate of drug-likeness (QED) is 0.552. The van der Waals surface area contributed by atoms with Crippen LogP contribution in [0.3, 0.4) is 0 Å². The van der Waals surface area contributed by atoms with E-state index in [2.05, 4.69) is 0 Å². The minimum Gasteiger partial charge on any atom is -0.508 e. The van der Waals surface area contributed by atoms with Crippen LogP contribution in [0, 0.1) is 5.92 Å². The van der Waals surface area contributed by atoms with Gasteiger partial charge >= 0.3 is 5.97 Å². The maximum atomic E-state index is 12.2. The highest BCUT2D eigenvalue weighted by atomic mass is 16.5. The highest BCUT2D eigenvalue weighted by molar-refractivity contribution is 5.81. The molecule has 0 aromatic heterocycles. The third kappa shape index (κ3) is 1.35.